The molecular formula is C14H14Br2ClNS. The molecule has 0 amide bonds. The first-order valence-electron chi connectivity index (χ1n) is 6.02. The molecule has 2 aromatic rings. The van der Waals surface area contributed by atoms with Crippen LogP contribution in [0, 0.1) is 0 Å². The predicted octanol–water partition coefficient (Wildman–Crippen LogP) is 6.17. The Hall–Kier alpha value is 0.130. The lowest BCUT2D eigenvalue weighted by atomic mass is 10.0. The first-order chi connectivity index (χ1) is 9.10. The minimum Gasteiger partial charge on any atom is -0.305 e. The smallest absolute Gasteiger partial charge is 0.0843 e. The number of nitrogens with one attached hydrogen (secondary N) is 1. The van der Waals surface area contributed by atoms with E-state index < -0.39 is 0 Å². The highest BCUT2D eigenvalue weighted by atomic mass is 79.9. The topological polar surface area (TPSA) is 12.0 Å². The average Bonchev–Trinajstić information content (AvgIpc) is 2.71. The first-order valence-corrected chi connectivity index (χ1v) is 8.80. The Kier molecular flexibility index (Phi) is 5.90. The number of hydrogen-bond donors (Lipinski definition) is 1. The van der Waals surface area contributed by atoms with Gasteiger partial charge >= 0.3 is 0 Å². The van der Waals surface area contributed by atoms with E-state index in [2.05, 4.69) is 62.3 Å². The van der Waals surface area contributed by atoms with Gasteiger partial charge in [-0.3, -0.25) is 0 Å². The molecule has 19 heavy (non-hydrogen) atoms. The maximum Gasteiger partial charge on any atom is 0.0843 e. The van der Waals surface area contributed by atoms with E-state index in [0.29, 0.717) is 6.04 Å². The van der Waals surface area contributed by atoms with Gasteiger partial charge in [-0.1, -0.05) is 30.7 Å². The molecule has 1 nitrogen and oxygen atoms in total. The van der Waals surface area contributed by atoms with Crippen LogP contribution in [0.1, 0.15) is 29.8 Å². The van der Waals surface area contributed by atoms with Crippen molar-refractivity contribution in [2.24, 2.45) is 0 Å². The van der Waals surface area contributed by atoms with E-state index in [9.17, 15) is 0 Å². The summed E-state index contributed by atoms with van der Waals surface area (Å²) in [4.78, 5) is 1.31. The second-order valence-electron chi connectivity index (χ2n) is 4.23. The number of hydrogen-bond acceptors (Lipinski definition) is 2. The number of rotatable bonds is 5. The fourth-order valence-electron chi connectivity index (χ4n) is 1.90. The minimum absolute atomic E-state index is 0.358. The summed E-state index contributed by atoms with van der Waals surface area (Å²) in [6.07, 6.45) is 1.05. The van der Waals surface area contributed by atoms with E-state index in [0.717, 1.165) is 26.2 Å². The average molecular weight is 424 g/mol. The fourth-order valence-corrected chi connectivity index (χ4v) is 4.15. The zero-order valence-electron chi connectivity index (χ0n) is 10.4. The molecule has 102 valence electrons. The van der Waals surface area contributed by atoms with Crippen LogP contribution in [0.3, 0.4) is 0 Å². The maximum atomic E-state index is 5.92. The quantitative estimate of drug-likeness (QED) is 0.607. The molecular weight excluding hydrogens is 409 g/mol. The van der Waals surface area contributed by atoms with Crippen molar-refractivity contribution in [1.82, 2.24) is 5.32 Å². The normalized spacial score (nSPS) is 12.6. The molecule has 1 aromatic carbocycles. The molecule has 1 atom stereocenters. The third-order valence-electron chi connectivity index (χ3n) is 2.90. The van der Waals surface area contributed by atoms with Crippen molar-refractivity contribution >= 4 is 54.8 Å². The van der Waals surface area contributed by atoms with Gasteiger partial charge in [0.15, 0.2) is 0 Å². The second-order valence-corrected chi connectivity index (χ2v) is 7.97. The second kappa shape index (κ2) is 7.23. The number of halogens is 3. The number of benzene rings is 1. The molecule has 0 radical (unpaired) electrons. The summed E-state index contributed by atoms with van der Waals surface area (Å²) in [6.45, 7) is 3.06. The highest BCUT2D eigenvalue weighted by molar-refractivity contribution is 9.13. The van der Waals surface area contributed by atoms with E-state index in [1.165, 1.54) is 10.4 Å². The van der Waals surface area contributed by atoms with Crippen LogP contribution < -0.4 is 5.32 Å². The summed E-state index contributed by atoms with van der Waals surface area (Å²) >= 11 is 14.7. The lowest BCUT2D eigenvalue weighted by Crippen LogP contribution is -2.19. The highest BCUT2D eigenvalue weighted by Crippen LogP contribution is 2.32. The van der Waals surface area contributed by atoms with E-state index in [4.69, 9.17) is 11.6 Å². The molecule has 0 aliphatic rings. The molecule has 0 aliphatic heterocycles. The van der Waals surface area contributed by atoms with Crippen molar-refractivity contribution in [2.45, 2.75) is 25.9 Å². The van der Waals surface area contributed by atoms with Crippen molar-refractivity contribution in [3.05, 3.63) is 54.1 Å². The van der Waals surface area contributed by atoms with Gasteiger partial charge in [-0.05, 0) is 62.0 Å². The zero-order chi connectivity index (χ0) is 13.8. The van der Waals surface area contributed by atoms with Crippen molar-refractivity contribution < 1.29 is 0 Å². The van der Waals surface area contributed by atoms with Crippen LogP contribution in [-0.2, 0) is 6.54 Å². The van der Waals surface area contributed by atoms with Gasteiger partial charge in [0.1, 0.15) is 0 Å². The Morgan fingerprint density at radius 1 is 1.26 bits per heavy atom. The molecule has 0 saturated carbocycles. The monoisotopic (exact) mass is 421 g/mol. The Labute approximate surface area is 139 Å². The van der Waals surface area contributed by atoms with E-state index in [1.54, 1.807) is 11.3 Å². The molecule has 5 heteroatoms. The summed E-state index contributed by atoms with van der Waals surface area (Å²) < 4.78 is 2.26. The van der Waals surface area contributed by atoms with E-state index in [-0.39, 0.29) is 0 Å². The van der Waals surface area contributed by atoms with E-state index in [1.807, 2.05) is 12.1 Å². The van der Waals surface area contributed by atoms with Gasteiger partial charge in [0.2, 0.25) is 0 Å². The summed E-state index contributed by atoms with van der Waals surface area (Å²) in [5.41, 5.74) is 1.28. The van der Waals surface area contributed by atoms with Gasteiger partial charge in [-0.15, -0.1) is 11.3 Å². The molecule has 1 N–H and O–H groups in total. The first kappa shape index (κ1) is 15.5. The van der Waals surface area contributed by atoms with Gasteiger partial charge in [-0.25, -0.2) is 0 Å². The van der Waals surface area contributed by atoms with Gasteiger partial charge in [-0.2, -0.15) is 0 Å². The van der Waals surface area contributed by atoms with Crippen molar-refractivity contribution in [3.63, 3.8) is 0 Å². The van der Waals surface area contributed by atoms with E-state index >= 15 is 0 Å². The van der Waals surface area contributed by atoms with Crippen molar-refractivity contribution in [2.75, 3.05) is 0 Å². The predicted molar refractivity (Wildman–Crippen MR) is 91.0 cm³/mol. The largest absolute Gasteiger partial charge is 0.305 e. The van der Waals surface area contributed by atoms with Crippen LogP contribution in [0.25, 0.3) is 0 Å². The summed E-state index contributed by atoms with van der Waals surface area (Å²) in [5, 5.41) is 4.37. The molecule has 1 aromatic heterocycles. The Morgan fingerprint density at radius 2 is 1.95 bits per heavy atom. The summed E-state index contributed by atoms with van der Waals surface area (Å²) in [7, 11) is 0. The molecule has 1 unspecified atom stereocenters. The molecule has 0 bridgehead atoms. The van der Waals surface area contributed by atoms with Gasteiger partial charge in [0, 0.05) is 27.0 Å². The van der Waals surface area contributed by atoms with Gasteiger partial charge < -0.3 is 5.32 Å². The summed E-state index contributed by atoms with van der Waals surface area (Å²) in [6, 6.07) is 10.6. The molecule has 0 saturated heterocycles. The molecule has 1 heterocycles. The third kappa shape index (κ3) is 4.30. The van der Waals surface area contributed by atoms with Crippen molar-refractivity contribution in [3.8, 4) is 0 Å². The maximum absolute atomic E-state index is 5.92. The lowest BCUT2D eigenvalue weighted by molar-refractivity contribution is 0.522. The van der Waals surface area contributed by atoms with Crippen LogP contribution in [0.15, 0.2) is 38.6 Å². The Balaban J connectivity index is 2.01. The highest BCUT2D eigenvalue weighted by Gasteiger charge is 2.10. The number of thiophene rings is 1. The fraction of sp³-hybridized carbons (Fsp3) is 0.286. The van der Waals surface area contributed by atoms with Gasteiger partial charge in [0.25, 0.3) is 0 Å². The molecule has 0 fully saturated rings. The lowest BCUT2D eigenvalue weighted by Gasteiger charge is -2.17. The van der Waals surface area contributed by atoms with Crippen LogP contribution in [-0.4, -0.2) is 0 Å². The zero-order valence-corrected chi connectivity index (χ0v) is 15.2. The standard InChI is InChI=1S/C14H14Br2ClNS/c1-2-13(9-3-5-10(17)6-4-9)18-8-11-7-12(15)14(16)19-11/h3-7,13,18H,2,8H2,1H3. The van der Waals surface area contributed by atoms with Crippen molar-refractivity contribution in [1.29, 1.82) is 0 Å². The molecule has 2 rings (SSSR count). The Morgan fingerprint density at radius 3 is 2.47 bits per heavy atom. The van der Waals surface area contributed by atoms with Gasteiger partial charge in [0.05, 0.1) is 3.79 Å². The Bertz CT molecular complexity index is 519. The third-order valence-corrected chi connectivity index (χ3v) is 6.41. The molecule has 0 aliphatic carbocycles. The van der Waals surface area contributed by atoms with Crippen LogP contribution in [0.2, 0.25) is 5.02 Å². The summed E-state index contributed by atoms with van der Waals surface area (Å²) in [5.74, 6) is 0. The molecule has 0 spiro atoms. The van der Waals surface area contributed by atoms with Crippen LogP contribution in [0.4, 0.5) is 0 Å². The SMILES string of the molecule is CCC(NCc1cc(Br)c(Br)s1)c1ccc(Cl)cc1. The van der Waals surface area contributed by atoms with Crippen LogP contribution in [0.5, 0.6) is 0 Å². The minimum atomic E-state index is 0.358. The van der Waals surface area contributed by atoms with Crippen LogP contribution >= 0.6 is 54.8 Å².